The molecule has 9 heavy (non-hydrogen) atoms. The van der Waals surface area contributed by atoms with Gasteiger partial charge in [0.2, 0.25) is 0 Å². The van der Waals surface area contributed by atoms with Gasteiger partial charge in [0.05, 0.1) is 12.3 Å². The Kier molecular flexibility index (Phi) is 1.85. The van der Waals surface area contributed by atoms with E-state index in [1.54, 1.807) is 18.3 Å². The second-order valence-corrected chi connectivity index (χ2v) is 1.70. The third-order valence-electron chi connectivity index (χ3n) is 1.08. The highest BCUT2D eigenvalue weighted by molar-refractivity contribution is 6.33. The lowest BCUT2D eigenvalue weighted by molar-refractivity contribution is 0.278. The molecule has 0 saturated heterocycles. The predicted octanol–water partition coefficient (Wildman–Crippen LogP) is -0.632. The van der Waals surface area contributed by atoms with Crippen molar-refractivity contribution in [1.82, 2.24) is 4.98 Å². The van der Waals surface area contributed by atoms with Crippen LogP contribution in [0.3, 0.4) is 0 Å². The second kappa shape index (κ2) is 2.64. The van der Waals surface area contributed by atoms with Gasteiger partial charge in [-0.05, 0) is 6.07 Å². The SMILES string of the molecule is [B]c1cccnc1CO. The number of rotatable bonds is 1. The zero-order valence-corrected chi connectivity index (χ0v) is 4.91. The summed E-state index contributed by atoms with van der Waals surface area (Å²) in [5.74, 6) is 0. The standard InChI is InChI=1S/C6H6BNO/c7-5-2-1-3-8-6(5)4-9/h1-3,9H,4H2. The summed E-state index contributed by atoms with van der Waals surface area (Å²) in [5, 5.41) is 8.58. The van der Waals surface area contributed by atoms with E-state index in [0.717, 1.165) is 0 Å². The molecule has 1 aromatic rings. The van der Waals surface area contributed by atoms with Crippen LogP contribution in [0.25, 0.3) is 0 Å². The quantitative estimate of drug-likeness (QED) is 0.499. The number of hydrogen-bond acceptors (Lipinski definition) is 2. The molecule has 0 bridgehead atoms. The minimum atomic E-state index is -0.0906. The zero-order chi connectivity index (χ0) is 6.69. The van der Waals surface area contributed by atoms with Gasteiger partial charge in [0.25, 0.3) is 0 Å². The average Bonchev–Trinajstić information content (AvgIpc) is 1.89. The van der Waals surface area contributed by atoms with Crippen molar-refractivity contribution in [3.05, 3.63) is 24.0 Å². The Balaban J connectivity index is 3.01. The van der Waals surface area contributed by atoms with Crippen molar-refractivity contribution >= 4 is 13.3 Å². The fourth-order valence-corrected chi connectivity index (χ4v) is 0.583. The summed E-state index contributed by atoms with van der Waals surface area (Å²) in [4.78, 5) is 3.82. The number of aromatic nitrogens is 1. The minimum absolute atomic E-state index is 0.0906. The van der Waals surface area contributed by atoms with Gasteiger partial charge in [0, 0.05) is 6.20 Å². The molecule has 0 fully saturated rings. The second-order valence-electron chi connectivity index (χ2n) is 1.70. The monoisotopic (exact) mass is 119 g/mol. The molecule has 1 N–H and O–H groups in total. The number of aliphatic hydroxyl groups excluding tert-OH is 1. The van der Waals surface area contributed by atoms with Crippen molar-refractivity contribution in [3.8, 4) is 0 Å². The highest BCUT2D eigenvalue weighted by Gasteiger charge is 1.92. The summed E-state index contributed by atoms with van der Waals surface area (Å²) in [6.07, 6.45) is 1.60. The van der Waals surface area contributed by atoms with Crippen LogP contribution in [-0.2, 0) is 6.61 Å². The third kappa shape index (κ3) is 1.30. The molecule has 0 aromatic carbocycles. The Morgan fingerprint density at radius 1 is 1.67 bits per heavy atom. The Hall–Kier alpha value is -0.825. The van der Waals surface area contributed by atoms with Crippen LogP contribution in [0.5, 0.6) is 0 Å². The molecule has 3 heteroatoms. The number of nitrogens with zero attached hydrogens (tertiary/aromatic N) is 1. The Labute approximate surface area is 55.0 Å². The molecule has 0 aliphatic heterocycles. The van der Waals surface area contributed by atoms with Crippen LogP contribution in [0, 0.1) is 0 Å². The molecular weight excluding hydrogens is 113 g/mol. The molecule has 0 atom stereocenters. The first-order valence-electron chi connectivity index (χ1n) is 2.65. The van der Waals surface area contributed by atoms with Crippen LogP contribution in [0.2, 0.25) is 0 Å². The Morgan fingerprint density at radius 2 is 2.44 bits per heavy atom. The highest BCUT2D eigenvalue weighted by atomic mass is 16.3. The van der Waals surface area contributed by atoms with E-state index in [4.69, 9.17) is 13.0 Å². The minimum Gasteiger partial charge on any atom is -0.390 e. The molecule has 44 valence electrons. The normalized spacial score (nSPS) is 9.44. The maximum Gasteiger partial charge on any atom is 0.116 e. The summed E-state index contributed by atoms with van der Waals surface area (Å²) < 4.78 is 0. The van der Waals surface area contributed by atoms with E-state index in [-0.39, 0.29) is 6.61 Å². The molecule has 0 aliphatic carbocycles. The number of pyridine rings is 1. The molecule has 0 amide bonds. The molecule has 2 radical (unpaired) electrons. The fraction of sp³-hybridized carbons (Fsp3) is 0.167. The van der Waals surface area contributed by atoms with Crippen LogP contribution in [0.15, 0.2) is 18.3 Å². The molecule has 0 spiro atoms. The number of aliphatic hydroxyl groups is 1. The highest BCUT2D eigenvalue weighted by Crippen LogP contribution is 1.85. The first-order chi connectivity index (χ1) is 4.34. The lowest BCUT2D eigenvalue weighted by atomic mass is 9.95. The summed E-state index contributed by atoms with van der Waals surface area (Å²) in [7, 11) is 5.41. The first-order valence-corrected chi connectivity index (χ1v) is 2.65. The van der Waals surface area contributed by atoms with E-state index in [2.05, 4.69) is 4.98 Å². The van der Waals surface area contributed by atoms with Gasteiger partial charge in [0.15, 0.2) is 0 Å². The van der Waals surface area contributed by atoms with E-state index < -0.39 is 0 Å². The lowest BCUT2D eigenvalue weighted by Gasteiger charge is -1.97. The van der Waals surface area contributed by atoms with Crippen LogP contribution < -0.4 is 5.46 Å². The molecule has 1 heterocycles. The molecule has 0 saturated carbocycles. The molecule has 2 nitrogen and oxygen atoms in total. The lowest BCUT2D eigenvalue weighted by Crippen LogP contribution is -2.11. The van der Waals surface area contributed by atoms with Crippen LogP contribution in [0.4, 0.5) is 0 Å². The van der Waals surface area contributed by atoms with Crippen molar-refractivity contribution in [2.75, 3.05) is 0 Å². The molecule has 1 aromatic heterocycles. The number of hydrogen-bond donors (Lipinski definition) is 1. The van der Waals surface area contributed by atoms with Crippen molar-refractivity contribution in [2.45, 2.75) is 6.61 Å². The summed E-state index contributed by atoms with van der Waals surface area (Å²) in [6.45, 7) is -0.0906. The summed E-state index contributed by atoms with van der Waals surface area (Å²) in [5.41, 5.74) is 1.08. The van der Waals surface area contributed by atoms with Crippen LogP contribution in [0.1, 0.15) is 5.69 Å². The Morgan fingerprint density at radius 3 is 2.89 bits per heavy atom. The first kappa shape index (κ1) is 6.30. The van der Waals surface area contributed by atoms with E-state index >= 15 is 0 Å². The van der Waals surface area contributed by atoms with Crippen LogP contribution >= 0.6 is 0 Å². The van der Waals surface area contributed by atoms with Gasteiger partial charge in [-0.1, -0.05) is 11.5 Å². The Bertz CT molecular complexity index is 202. The van der Waals surface area contributed by atoms with E-state index in [9.17, 15) is 0 Å². The van der Waals surface area contributed by atoms with Crippen molar-refractivity contribution in [2.24, 2.45) is 0 Å². The van der Waals surface area contributed by atoms with Gasteiger partial charge < -0.3 is 5.11 Å². The summed E-state index contributed by atoms with van der Waals surface area (Å²) in [6, 6.07) is 3.44. The molecular formula is C6H6BNO. The predicted molar refractivity (Wildman–Crippen MR) is 35.5 cm³/mol. The maximum atomic E-state index is 8.58. The van der Waals surface area contributed by atoms with Crippen molar-refractivity contribution in [1.29, 1.82) is 0 Å². The maximum absolute atomic E-state index is 8.58. The topological polar surface area (TPSA) is 33.1 Å². The molecule has 0 aliphatic rings. The smallest absolute Gasteiger partial charge is 0.116 e. The van der Waals surface area contributed by atoms with Crippen molar-refractivity contribution in [3.63, 3.8) is 0 Å². The average molecular weight is 119 g/mol. The van der Waals surface area contributed by atoms with Crippen LogP contribution in [-0.4, -0.2) is 17.9 Å². The van der Waals surface area contributed by atoms with Gasteiger partial charge in [-0.2, -0.15) is 0 Å². The van der Waals surface area contributed by atoms with Crippen molar-refractivity contribution < 1.29 is 5.11 Å². The van der Waals surface area contributed by atoms with Gasteiger partial charge in [-0.3, -0.25) is 4.98 Å². The van der Waals surface area contributed by atoms with E-state index in [1.807, 2.05) is 0 Å². The van der Waals surface area contributed by atoms with Gasteiger partial charge in [-0.25, -0.2) is 0 Å². The van der Waals surface area contributed by atoms with Gasteiger partial charge >= 0.3 is 0 Å². The fourth-order valence-electron chi connectivity index (χ4n) is 0.583. The van der Waals surface area contributed by atoms with E-state index in [1.165, 1.54) is 0 Å². The van der Waals surface area contributed by atoms with Gasteiger partial charge in [-0.15, -0.1) is 0 Å². The van der Waals surface area contributed by atoms with Gasteiger partial charge in [0.1, 0.15) is 7.85 Å². The zero-order valence-electron chi connectivity index (χ0n) is 4.91. The largest absolute Gasteiger partial charge is 0.390 e. The molecule has 1 rings (SSSR count). The molecule has 0 unspecified atom stereocenters. The van der Waals surface area contributed by atoms with E-state index in [0.29, 0.717) is 11.2 Å². The summed E-state index contributed by atoms with van der Waals surface area (Å²) >= 11 is 0. The third-order valence-corrected chi connectivity index (χ3v) is 1.08.